The number of hydrogen-bond acceptors (Lipinski definition) is 11. The van der Waals surface area contributed by atoms with Gasteiger partial charge < -0.3 is 25.7 Å². The minimum Gasteiger partial charge on any atom is -0.506 e. The van der Waals surface area contributed by atoms with E-state index in [1.54, 1.807) is 14.1 Å². The number of hydrogen-bond donors (Lipinski definition) is 3. The number of amides is 1. The number of carbonyl (C=O) groups is 5. The molecule has 42 heavy (non-hydrogen) atoms. The summed E-state index contributed by atoms with van der Waals surface area (Å²) in [6.07, 6.45) is 0.224. The number of aromatic hydroxyl groups is 1. The predicted octanol–water partition coefficient (Wildman–Crippen LogP) is 0.723. The highest BCUT2D eigenvalue weighted by Crippen LogP contribution is 2.53. The van der Waals surface area contributed by atoms with E-state index in [1.807, 2.05) is 56.2 Å². The molecule has 3 aliphatic carbocycles. The van der Waals surface area contributed by atoms with E-state index in [0.29, 0.717) is 23.4 Å². The van der Waals surface area contributed by atoms with E-state index >= 15 is 0 Å². The maximum Gasteiger partial charge on any atom is 0.235 e. The minimum atomic E-state index is -2.75. The van der Waals surface area contributed by atoms with Gasteiger partial charge in [0.25, 0.3) is 0 Å². The topological polar surface area (TPSA) is 162 Å². The third kappa shape index (κ3) is 4.31. The molecule has 0 saturated heterocycles. The number of nitrogens with two attached hydrogens (primary N) is 1. The molecule has 1 amide bonds. The molecule has 2 fully saturated rings. The maximum atomic E-state index is 14.2. The van der Waals surface area contributed by atoms with Gasteiger partial charge in [-0.25, -0.2) is 0 Å². The summed E-state index contributed by atoms with van der Waals surface area (Å²) in [7, 11) is 10.7. The van der Waals surface area contributed by atoms with E-state index in [1.165, 1.54) is 16.2 Å². The Kier molecular flexibility index (Phi) is 7.41. The third-order valence-corrected chi connectivity index (χ3v) is 10.0. The summed E-state index contributed by atoms with van der Waals surface area (Å²) in [6, 6.07) is 4.54. The molecule has 2 aromatic rings. The van der Waals surface area contributed by atoms with Gasteiger partial charge >= 0.3 is 0 Å². The quantitative estimate of drug-likeness (QED) is 0.405. The number of carbonyl (C=O) groups excluding carboxylic acids is 5. The highest BCUT2D eigenvalue weighted by Gasteiger charge is 2.69. The number of ketones is 4. The number of Topliss-reactive ketones (excluding diaryl/α,β-unsaturated/α-hetero) is 4. The zero-order valence-electron chi connectivity index (χ0n) is 24.5. The lowest BCUT2D eigenvalue weighted by Gasteiger charge is -2.52. The molecule has 0 aliphatic heterocycles. The molecule has 1 heterocycles. The molecule has 11 nitrogen and oxygen atoms in total. The van der Waals surface area contributed by atoms with Gasteiger partial charge in [0.2, 0.25) is 5.91 Å². The van der Waals surface area contributed by atoms with Crippen molar-refractivity contribution in [1.82, 2.24) is 9.80 Å². The zero-order chi connectivity index (χ0) is 31.0. The highest BCUT2D eigenvalue weighted by atomic mass is 32.1. The molecule has 1 aromatic heterocycles. The monoisotopic (exact) mass is 596 g/mol. The Labute approximate surface area is 247 Å². The Morgan fingerprint density at radius 3 is 2.31 bits per heavy atom. The lowest BCUT2D eigenvalue weighted by Crippen LogP contribution is -2.74. The number of anilines is 1. The Bertz CT molecular complexity index is 1530. The first kappa shape index (κ1) is 30.0. The summed E-state index contributed by atoms with van der Waals surface area (Å²) < 4.78 is 0. The van der Waals surface area contributed by atoms with Crippen molar-refractivity contribution in [3.8, 4) is 16.2 Å². The van der Waals surface area contributed by atoms with Crippen molar-refractivity contribution >= 4 is 46.1 Å². The first-order valence-corrected chi connectivity index (χ1v) is 14.6. The molecule has 0 radical (unpaired) electrons. The van der Waals surface area contributed by atoms with Gasteiger partial charge in [0.15, 0.2) is 34.7 Å². The molecular formula is C30H36N4O7S. The van der Waals surface area contributed by atoms with Crippen molar-refractivity contribution in [2.75, 3.05) is 47.2 Å². The summed E-state index contributed by atoms with van der Waals surface area (Å²) in [5.74, 6) is -10.5. The number of thiophene rings is 1. The predicted molar refractivity (Wildman–Crippen MR) is 156 cm³/mol. The summed E-state index contributed by atoms with van der Waals surface area (Å²) in [4.78, 5) is 74.4. The van der Waals surface area contributed by atoms with Gasteiger partial charge in [0, 0.05) is 47.6 Å². The average molecular weight is 597 g/mol. The highest BCUT2D eigenvalue weighted by molar-refractivity contribution is 7.15. The number of aliphatic hydroxyl groups is 1. The fraction of sp³-hybridized carbons (Fsp3) is 0.500. The van der Waals surface area contributed by atoms with Crippen molar-refractivity contribution in [3.05, 3.63) is 34.2 Å². The lowest BCUT2D eigenvalue weighted by atomic mass is 9.52. The largest absolute Gasteiger partial charge is 0.506 e. The summed E-state index contributed by atoms with van der Waals surface area (Å²) in [5.41, 5.74) is 4.36. The van der Waals surface area contributed by atoms with Crippen LogP contribution < -0.4 is 10.6 Å². The number of rotatable bonds is 6. The molecule has 1 aromatic carbocycles. The van der Waals surface area contributed by atoms with Crippen LogP contribution in [0.25, 0.3) is 10.4 Å². The van der Waals surface area contributed by atoms with Crippen LogP contribution in [0.5, 0.6) is 5.75 Å². The number of primary amides is 1. The van der Waals surface area contributed by atoms with E-state index in [-0.39, 0.29) is 24.2 Å². The van der Waals surface area contributed by atoms with Crippen molar-refractivity contribution < 1.29 is 34.2 Å². The van der Waals surface area contributed by atoms with Gasteiger partial charge in [-0.05, 0) is 70.7 Å². The van der Waals surface area contributed by atoms with Crippen LogP contribution in [0.3, 0.4) is 0 Å². The van der Waals surface area contributed by atoms with Crippen LogP contribution in [0.4, 0.5) is 5.69 Å². The zero-order valence-corrected chi connectivity index (χ0v) is 25.3. The van der Waals surface area contributed by atoms with E-state index in [2.05, 4.69) is 0 Å². The molecule has 0 bridgehead atoms. The van der Waals surface area contributed by atoms with Crippen LogP contribution in [0.1, 0.15) is 27.2 Å². The Hall–Kier alpha value is -3.45. The van der Waals surface area contributed by atoms with Crippen LogP contribution >= 0.6 is 11.3 Å². The van der Waals surface area contributed by atoms with Crippen molar-refractivity contribution in [2.24, 2.45) is 29.4 Å². The van der Waals surface area contributed by atoms with E-state index in [4.69, 9.17) is 5.73 Å². The maximum absolute atomic E-state index is 14.2. The molecule has 5 rings (SSSR count). The summed E-state index contributed by atoms with van der Waals surface area (Å²) in [5, 5.41) is 23.3. The number of likely N-dealkylation sites (N-methyl/N-ethyl adjacent to an activating group) is 1. The number of benzene rings is 1. The van der Waals surface area contributed by atoms with Crippen molar-refractivity contribution in [3.63, 3.8) is 0 Å². The van der Waals surface area contributed by atoms with Crippen LogP contribution in [-0.2, 0) is 32.1 Å². The average Bonchev–Trinajstić information content (AvgIpc) is 3.33. The second-order valence-electron chi connectivity index (χ2n) is 12.3. The van der Waals surface area contributed by atoms with Gasteiger partial charge in [-0.3, -0.25) is 28.9 Å². The van der Waals surface area contributed by atoms with E-state index in [9.17, 15) is 34.2 Å². The van der Waals surface area contributed by atoms with Crippen LogP contribution in [0, 0.1) is 23.7 Å². The van der Waals surface area contributed by atoms with Gasteiger partial charge in [0.05, 0.1) is 17.5 Å². The molecule has 0 spiro atoms. The normalized spacial score (nSPS) is 29.0. The van der Waals surface area contributed by atoms with Crippen LogP contribution in [0.2, 0.25) is 0 Å². The van der Waals surface area contributed by atoms with E-state index < -0.39 is 64.4 Å². The van der Waals surface area contributed by atoms with Crippen molar-refractivity contribution in [1.29, 1.82) is 0 Å². The van der Waals surface area contributed by atoms with Crippen molar-refractivity contribution in [2.45, 2.75) is 31.0 Å². The molecule has 12 heteroatoms. The fourth-order valence-corrected chi connectivity index (χ4v) is 8.30. The second kappa shape index (κ2) is 10.4. The minimum absolute atomic E-state index is 0.00893. The van der Waals surface area contributed by atoms with Gasteiger partial charge in [-0.15, -0.1) is 11.3 Å². The van der Waals surface area contributed by atoms with E-state index in [0.717, 1.165) is 9.75 Å². The summed E-state index contributed by atoms with van der Waals surface area (Å²) in [6.45, 7) is 0.699. The Morgan fingerprint density at radius 1 is 1.07 bits per heavy atom. The molecule has 3 aliphatic rings. The number of nitrogens with zero attached hydrogens (tertiary/aromatic N) is 3. The van der Waals surface area contributed by atoms with Crippen LogP contribution in [-0.4, -0.2) is 103 Å². The number of phenolic OH excluding ortho intramolecular Hbond substituents is 1. The molecule has 6 unspecified atom stereocenters. The standard InChI is InChI=1S/C30H36N4O7S/c1-32(2)12-14-7-8-19(42-14)16-11-18(33(3)4)15-9-13-10-17-23(34(5)6)26(37)22(29(31)40)28(39)30(17,41)27(38)20(13)25(36)21(15)24(16)35/h7-8,11,13,17,20,22-23,35,41H,9-10,12H2,1-6H3,(H2,31,40). The molecule has 4 N–H and O–H groups in total. The lowest BCUT2D eigenvalue weighted by molar-refractivity contribution is -0.181. The van der Waals surface area contributed by atoms with Crippen LogP contribution in [0.15, 0.2) is 18.2 Å². The van der Waals surface area contributed by atoms with Gasteiger partial charge in [-0.1, -0.05) is 0 Å². The molecular weight excluding hydrogens is 560 g/mol. The first-order chi connectivity index (χ1) is 19.6. The molecule has 2 saturated carbocycles. The third-order valence-electron chi connectivity index (χ3n) is 8.92. The Balaban J connectivity index is 1.65. The molecule has 224 valence electrons. The smallest absolute Gasteiger partial charge is 0.235 e. The second-order valence-corrected chi connectivity index (χ2v) is 13.5. The summed E-state index contributed by atoms with van der Waals surface area (Å²) >= 11 is 1.48. The Morgan fingerprint density at radius 2 is 1.74 bits per heavy atom. The molecule has 6 atom stereocenters. The number of fused-ring (bicyclic) bond motifs is 3. The fourth-order valence-electron chi connectivity index (χ4n) is 7.16. The SMILES string of the molecule is CN(C)Cc1ccc(-c2cc(N(C)C)c3c(c2O)C(=O)C2C(=O)C4(O)C(=O)C(C(N)=O)C(=O)C(N(C)C)C4CC2C3)s1. The van der Waals surface area contributed by atoms with Gasteiger partial charge in [-0.2, -0.15) is 0 Å². The number of phenols is 1. The first-order valence-electron chi connectivity index (χ1n) is 13.8. The van der Waals surface area contributed by atoms with Gasteiger partial charge in [0.1, 0.15) is 5.75 Å².